The van der Waals surface area contributed by atoms with Gasteiger partial charge in [-0.2, -0.15) is 11.8 Å². The van der Waals surface area contributed by atoms with Crippen molar-refractivity contribution in [2.24, 2.45) is 5.41 Å². The largest absolute Gasteiger partial charge is 0.396 e. The van der Waals surface area contributed by atoms with Gasteiger partial charge in [-0.05, 0) is 37.2 Å². The summed E-state index contributed by atoms with van der Waals surface area (Å²) in [5.41, 5.74) is 0.211. The van der Waals surface area contributed by atoms with Crippen molar-refractivity contribution in [3.8, 4) is 0 Å². The van der Waals surface area contributed by atoms with Crippen molar-refractivity contribution in [1.82, 2.24) is 5.32 Å². The first-order valence-electron chi connectivity index (χ1n) is 6.77. The van der Waals surface area contributed by atoms with Gasteiger partial charge in [0.15, 0.2) is 0 Å². The average molecular weight is 243 g/mol. The van der Waals surface area contributed by atoms with E-state index in [1.807, 2.05) is 0 Å². The molecule has 2 rings (SSSR count). The number of aliphatic hydroxyl groups is 1. The molecule has 0 aromatic heterocycles. The van der Waals surface area contributed by atoms with E-state index in [0.717, 1.165) is 6.54 Å². The maximum absolute atomic E-state index is 9.63. The third kappa shape index (κ3) is 3.38. The summed E-state index contributed by atoms with van der Waals surface area (Å²) in [5, 5.41) is 13.3. The Hall–Kier alpha value is 0.270. The van der Waals surface area contributed by atoms with Crippen molar-refractivity contribution in [3.05, 3.63) is 0 Å². The second-order valence-electron chi connectivity index (χ2n) is 5.49. The van der Waals surface area contributed by atoms with Crippen LogP contribution in [0.5, 0.6) is 0 Å². The maximum atomic E-state index is 9.63. The lowest BCUT2D eigenvalue weighted by molar-refractivity contribution is 0.0779. The van der Waals surface area contributed by atoms with Crippen LogP contribution in [0.1, 0.15) is 44.9 Å². The van der Waals surface area contributed by atoms with Crippen LogP contribution in [-0.2, 0) is 0 Å². The number of thioether (sulfide) groups is 1. The second-order valence-corrected chi connectivity index (χ2v) is 6.71. The van der Waals surface area contributed by atoms with Gasteiger partial charge in [0.25, 0.3) is 0 Å². The van der Waals surface area contributed by atoms with E-state index in [0.29, 0.717) is 12.6 Å². The quantitative estimate of drug-likeness (QED) is 0.795. The fourth-order valence-corrected chi connectivity index (χ4v) is 4.06. The van der Waals surface area contributed by atoms with Gasteiger partial charge < -0.3 is 10.4 Å². The molecule has 2 fully saturated rings. The lowest BCUT2D eigenvalue weighted by Gasteiger charge is -2.37. The van der Waals surface area contributed by atoms with Crippen LogP contribution < -0.4 is 5.32 Å². The van der Waals surface area contributed by atoms with Gasteiger partial charge in [0, 0.05) is 24.6 Å². The lowest BCUT2D eigenvalue weighted by atomic mass is 9.74. The number of hydrogen-bond donors (Lipinski definition) is 2. The van der Waals surface area contributed by atoms with Gasteiger partial charge in [-0.1, -0.05) is 19.3 Å². The Balaban J connectivity index is 1.77. The molecule has 1 saturated heterocycles. The van der Waals surface area contributed by atoms with Gasteiger partial charge in [0.1, 0.15) is 0 Å². The molecule has 0 radical (unpaired) electrons. The van der Waals surface area contributed by atoms with Crippen LogP contribution in [0.3, 0.4) is 0 Å². The van der Waals surface area contributed by atoms with Gasteiger partial charge in [-0.25, -0.2) is 0 Å². The Morgan fingerprint density at radius 1 is 1.12 bits per heavy atom. The van der Waals surface area contributed by atoms with Crippen LogP contribution in [0, 0.1) is 5.41 Å². The summed E-state index contributed by atoms with van der Waals surface area (Å²) in [5.74, 6) is 2.62. The number of nitrogens with one attached hydrogen (secondary N) is 1. The maximum Gasteiger partial charge on any atom is 0.0499 e. The molecule has 1 saturated carbocycles. The second kappa shape index (κ2) is 6.27. The van der Waals surface area contributed by atoms with E-state index >= 15 is 0 Å². The fraction of sp³-hybridized carbons (Fsp3) is 1.00. The highest BCUT2D eigenvalue weighted by Crippen LogP contribution is 2.35. The van der Waals surface area contributed by atoms with E-state index in [2.05, 4.69) is 17.1 Å². The predicted molar refractivity (Wildman–Crippen MR) is 71.0 cm³/mol. The third-order valence-electron chi connectivity index (χ3n) is 4.24. The molecule has 94 valence electrons. The zero-order chi connectivity index (χ0) is 11.3. The van der Waals surface area contributed by atoms with Gasteiger partial charge in [0.05, 0.1) is 0 Å². The Kier molecular flexibility index (Phi) is 4.98. The Labute approximate surface area is 104 Å². The summed E-state index contributed by atoms with van der Waals surface area (Å²) >= 11 is 2.08. The smallest absolute Gasteiger partial charge is 0.0499 e. The number of rotatable bonds is 4. The minimum absolute atomic E-state index is 0.211. The molecule has 2 N–H and O–H groups in total. The molecular formula is C13H25NOS. The van der Waals surface area contributed by atoms with Crippen LogP contribution in [0.25, 0.3) is 0 Å². The molecule has 1 aliphatic carbocycles. The van der Waals surface area contributed by atoms with Crippen molar-refractivity contribution in [2.75, 3.05) is 24.7 Å². The van der Waals surface area contributed by atoms with Gasteiger partial charge in [0.2, 0.25) is 0 Å². The van der Waals surface area contributed by atoms with Crippen molar-refractivity contribution in [3.63, 3.8) is 0 Å². The Bertz CT molecular complexity index is 198. The first-order chi connectivity index (χ1) is 7.85. The number of hydrogen-bond acceptors (Lipinski definition) is 3. The molecule has 1 heterocycles. The molecule has 0 amide bonds. The minimum Gasteiger partial charge on any atom is -0.396 e. The topological polar surface area (TPSA) is 32.3 Å². The molecule has 0 aromatic rings. The van der Waals surface area contributed by atoms with Crippen LogP contribution >= 0.6 is 11.8 Å². The molecule has 0 aromatic carbocycles. The van der Waals surface area contributed by atoms with E-state index < -0.39 is 0 Å². The molecule has 2 aliphatic rings. The Morgan fingerprint density at radius 3 is 2.44 bits per heavy atom. The highest BCUT2D eigenvalue weighted by Gasteiger charge is 2.31. The molecule has 2 nitrogen and oxygen atoms in total. The SMILES string of the molecule is OCC1(CNC2CCSCC2)CCCCC1. The summed E-state index contributed by atoms with van der Waals surface area (Å²) in [6.07, 6.45) is 9.04. The first kappa shape index (κ1) is 12.7. The zero-order valence-corrected chi connectivity index (χ0v) is 11.0. The molecule has 0 atom stereocenters. The van der Waals surface area contributed by atoms with Gasteiger partial charge in [-0.15, -0.1) is 0 Å². The molecule has 1 aliphatic heterocycles. The van der Waals surface area contributed by atoms with Gasteiger partial charge in [-0.3, -0.25) is 0 Å². The van der Waals surface area contributed by atoms with E-state index in [1.54, 1.807) is 0 Å². The molecule has 0 unspecified atom stereocenters. The zero-order valence-electron chi connectivity index (χ0n) is 10.2. The van der Waals surface area contributed by atoms with Crippen LogP contribution in [0.4, 0.5) is 0 Å². The van der Waals surface area contributed by atoms with E-state index in [1.165, 1.54) is 56.5 Å². The van der Waals surface area contributed by atoms with Gasteiger partial charge >= 0.3 is 0 Å². The summed E-state index contributed by atoms with van der Waals surface area (Å²) in [6, 6.07) is 0.714. The normalized spacial score (nSPS) is 26.8. The first-order valence-corrected chi connectivity index (χ1v) is 7.92. The molecule has 0 bridgehead atoms. The number of aliphatic hydroxyl groups excluding tert-OH is 1. The van der Waals surface area contributed by atoms with Crippen LogP contribution in [-0.4, -0.2) is 35.8 Å². The fourth-order valence-electron chi connectivity index (χ4n) is 2.96. The summed E-state index contributed by atoms with van der Waals surface area (Å²) in [6.45, 7) is 1.42. The van der Waals surface area contributed by atoms with Crippen LogP contribution in [0.2, 0.25) is 0 Å². The van der Waals surface area contributed by atoms with Crippen molar-refractivity contribution < 1.29 is 5.11 Å². The summed E-state index contributed by atoms with van der Waals surface area (Å²) in [4.78, 5) is 0. The lowest BCUT2D eigenvalue weighted by Crippen LogP contribution is -2.44. The van der Waals surface area contributed by atoms with Crippen LogP contribution in [0.15, 0.2) is 0 Å². The van der Waals surface area contributed by atoms with E-state index in [-0.39, 0.29) is 5.41 Å². The molecule has 16 heavy (non-hydrogen) atoms. The monoisotopic (exact) mass is 243 g/mol. The molecule has 0 spiro atoms. The average Bonchev–Trinajstić information content (AvgIpc) is 2.39. The molecular weight excluding hydrogens is 218 g/mol. The van der Waals surface area contributed by atoms with E-state index in [4.69, 9.17) is 0 Å². The standard InChI is InChI=1S/C13H25NOS/c15-11-13(6-2-1-3-7-13)10-14-12-4-8-16-9-5-12/h12,14-15H,1-11H2. The Morgan fingerprint density at radius 2 is 1.81 bits per heavy atom. The minimum atomic E-state index is 0.211. The van der Waals surface area contributed by atoms with Crippen molar-refractivity contribution >= 4 is 11.8 Å². The summed E-state index contributed by atoms with van der Waals surface area (Å²) in [7, 11) is 0. The molecule has 3 heteroatoms. The third-order valence-corrected chi connectivity index (χ3v) is 5.29. The highest BCUT2D eigenvalue weighted by atomic mass is 32.2. The van der Waals surface area contributed by atoms with E-state index in [9.17, 15) is 5.11 Å². The predicted octanol–water partition coefficient (Wildman–Crippen LogP) is 2.41. The summed E-state index contributed by atoms with van der Waals surface area (Å²) < 4.78 is 0. The van der Waals surface area contributed by atoms with Crippen molar-refractivity contribution in [2.45, 2.75) is 51.0 Å². The highest BCUT2D eigenvalue weighted by molar-refractivity contribution is 7.99. The van der Waals surface area contributed by atoms with Crippen molar-refractivity contribution in [1.29, 1.82) is 0 Å².